The van der Waals surface area contributed by atoms with Crippen LogP contribution in [0.5, 0.6) is 0 Å². The highest BCUT2D eigenvalue weighted by molar-refractivity contribution is 8.00. The van der Waals surface area contributed by atoms with Crippen LogP contribution in [0.15, 0.2) is 53.7 Å². The Kier molecular flexibility index (Phi) is 4.64. The van der Waals surface area contributed by atoms with Gasteiger partial charge >= 0.3 is 5.97 Å². The Morgan fingerprint density at radius 1 is 1.07 bits per heavy atom. The molecule has 0 saturated heterocycles. The lowest BCUT2D eigenvalue weighted by atomic mass is 10.1. The van der Waals surface area contributed by atoms with E-state index in [9.17, 15) is 14.4 Å². The number of carbonyl (C=O) groups is 3. The lowest BCUT2D eigenvalue weighted by molar-refractivity contribution is -0.140. The van der Waals surface area contributed by atoms with Crippen LogP contribution in [-0.2, 0) is 16.6 Å². The molecule has 1 atom stereocenters. The number of thioether (sulfide) groups is 1. The number of para-hydroxylation sites is 2. The van der Waals surface area contributed by atoms with Crippen molar-refractivity contribution in [3.63, 3.8) is 0 Å². The fourth-order valence-corrected chi connectivity index (χ4v) is 4.30. The van der Waals surface area contributed by atoms with Crippen molar-refractivity contribution in [3.05, 3.63) is 59.7 Å². The molecular weight excluding hydrogens is 378 g/mol. The number of hydrogen-bond donors (Lipinski definition) is 0. The van der Waals surface area contributed by atoms with Crippen molar-refractivity contribution >= 4 is 40.6 Å². The number of hydrogen-bond acceptors (Lipinski definition) is 6. The highest BCUT2D eigenvalue weighted by Crippen LogP contribution is 2.30. The minimum absolute atomic E-state index is 0.0904. The molecule has 8 heteroatoms. The molecule has 28 heavy (non-hydrogen) atoms. The number of ether oxygens (including phenoxy) is 1. The Hall–Kier alpha value is -3.13. The number of aryl methyl sites for hydroxylation is 1. The van der Waals surface area contributed by atoms with Crippen molar-refractivity contribution in [1.82, 2.24) is 14.5 Å². The van der Waals surface area contributed by atoms with Gasteiger partial charge in [0, 0.05) is 7.05 Å². The van der Waals surface area contributed by atoms with Crippen LogP contribution in [0.2, 0.25) is 0 Å². The predicted octanol–water partition coefficient (Wildman–Crippen LogP) is 2.50. The van der Waals surface area contributed by atoms with E-state index < -0.39 is 23.0 Å². The van der Waals surface area contributed by atoms with Crippen molar-refractivity contribution in [2.45, 2.75) is 10.4 Å². The van der Waals surface area contributed by atoms with Crippen LogP contribution in [0, 0.1) is 0 Å². The van der Waals surface area contributed by atoms with Gasteiger partial charge in [0.1, 0.15) is 5.25 Å². The summed E-state index contributed by atoms with van der Waals surface area (Å²) in [4.78, 5) is 43.3. The lowest BCUT2D eigenvalue weighted by Crippen LogP contribution is -2.39. The highest BCUT2D eigenvalue weighted by Gasteiger charge is 2.38. The number of carbonyl (C=O) groups excluding carboxylic acids is 3. The third-order valence-electron chi connectivity index (χ3n) is 4.68. The number of aromatic nitrogens is 2. The summed E-state index contributed by atoms with van der Waals surface area (Å²) in [5, 5.41) is -0.184. The molecule has 1 aromatic heterocycles. The van der Waals surface area contributed by atoms with Crippen LogP contribution >= 0.6 is 11.8 Å². The van der Waals surface area contributed by atoms with Crippen molar-refractivity contribution in [2.75, 3.05) is 13.7 Å². The van der Waals surface area contributed by atoms with Gasteiger partial charge in [-0.2, -0.15) is 0 Å². The fourth-order valence-electron chi connectivity index (χ4n) is 3.22. The number of imidazole rings is 1. The largest absolute Gasteiger partial charge is 0.468 e. The molecule has 142 valence electrons. The zero-order valence-corrected chi connectivity index (χ0v) is 16.1. The standard InChI is InChI=1S/C20H17N3O4S/c1-22-15-10-6-5-9-14(15)21-20(22)28-16(19(26)27-2)11-23-17(24)12-7-3-4-8-13(12)18(23)25/h3-10,16H,11H2,1-2H3/t16-/m0/s1. The number of methoxy groups -OCH3 is 1. The van der Waals surface area contributed by atoms with Crippen LogP contribution in [0.4, 0.5) is 0 Å². The number of rotatable bonds is 5. The number of esters is 1. The predicted molar refractivity (Wildman–Crippen MR) is 104 cm³/mol. The molecule has 2 amide bonds. The summed E-state index contributed by atoms with van der Waals surface area (Å²) >= 11 is 1.17. The molecule has 0 aliphatic carbocycles. The van der Waals surface area contributed by atoms with Gasteiger partial charge in [0.05, 0.1) is 35.8 Å². The number of nitrogens with zero attached hydrogens (tertiary/aromatic N) is 3. The Bertz CT molecular complexity index is 1070. The molecule has 0 N–H and O–H groups in total. The first kappa shape index (κ1) is 18.2. The fraction of sp³-hybridized carbons (Fsp3) is 0.200. The molecule has 1 aliphatic heterocycles. The molecule has 0 spiro atoms. The van der Waals surface area contributed by atoms with Gasteiger partial charge in [0.15, 0.2) is 5.16 Å². The third kappa shape index (κ3) is 2.95. The maximum atomic E-state index is 12.6. The van der Waals surface area contributed by atoms with Gasteiger partial charge in [-0.25, -0.2) is 4.98 Å². The molecule has 0 bridgehead atoms. The number of imide groups is 1. The molecule has 7 nitrogen and oxygen atoms in total. The van der Waals surface area contributed by atoms with E-state index in [4.69, 9.17) is 4.74 Å². The van der Waals surface area contributed by atoms with Crippen molar-refractivity contribution in [3.8, 4) is 0 Å². The van der Waals surface area contributed by atoms with Gasteiger partial charge in [0.25, 0.3) is 11.8 Å². The second kappa shape index (κ2) is 7.12. The zero-order chi connectivity index (χ0) is 19.8. The van der Waals surface area contributed by atoms with E-state index in [2.05, 4.69) is 4.98 Å². The normalized spacial score (nSPS) is 14.4. The second-order valence-electron chi connectivity index (χ2n) is 6.34. The number of fused-ring (bicyclic) bond motifs is 2. The van der Waals surface area contributed by atoms with Crippen LogP contribution < -0.4 is 0 Å². The topological polar surface area (TPSA) is 81.5 Å². The molecule has 0 radical (unpaired) electrons. The first-order valence-corrected chi connectivity index (χ1v) is 9.50. The maximum Gasteiger partial charge on any atom is 0.321 e. The molecule has 1 aliphatic rings. The van der Waals surface area contributed by atoms with Crippen LogP contribution in [-0.4, -0.2) is 51.1 Å². The lowest BCUT2D eigenvalue weighted by Gasteiger charge is -2.20. The Morgan fingerprint density at radius 2 is 1.68 bits per heavy atom. The average molecular weight is 395 g/mol. The van der Waals surface area contributed by atoms with E-state index in [-0.39, 0.29) is 6.54 Å². The van der Waals surface area contributed by atoms with Gasteiger partial charge in [-0.3, -0.25) is 19.3 Å². The molecular formula is C20H17N3O4S. The van der Waals surface area contributed by atoms with E-state index in [0.29, 0.717) is 16.3 Å². The minimum Gasteiger partial charge on any atom is -0.468 e. The van der Waals surface area contributed by atoms with E-state index in [1.165, 1.54) is 18.9 Å². The van der Waals surface area contributed by atoms with Crippen LogP contribution in [0.25, 0.3) is 11.0 Å². The van der Waals surface area contributed by atoms with Gasteiger partial charge in [-0.15, -0.1) is 0 Å². The highest BCUT2D eigenvalue weighted by atomic mass is 32.2. The minimum atomic E-state index is -0.789. The van der Waals surface area contributed by atoms with Crippen molar-refractivity contribution < 1.29 is 19.1 Å². The van der Waals surface area contributed by atoms with Crippen LogP contribution in [0.3, 0.4) is 0 Å². The summed E-state index contributed by atoms with van der Waals surface area (Å²) < 4.78 is 6.78. The Balaban J connectivity index is 1.63. The molecule has 0 unspecified atom stereocenters. The monoisotopic (exact) mass is 395 g/mol. The smallest absolute Gasteiger partial charge is 0.321 e. The second-order valence-corrected chi connectivity index (χ2v) is 7.51. The summed E-state index contributed by atoms with van der Waals surface area (Å²) in [5.41, 5.74) is 2.43. The SMILES string of the molecule is COC(=O)[C@H](CN1C(=O)c2ccccc2C1=O)Sc1nc2ccccc2n1C. The van der Waals surface area contributed by atoms with E-state index in [0.717, 1.165) is 15.9 Å². The molecule has 4 rings (SSSR count). The Labute approximate surface area is 165 Å². The van der Waals surface area contributed by atoms with Gasteiger partial charge < -0.3 is 9.30 Å². The van der Waals surface area contributed by atoms with Crippen molar-refractivity contribution in [1.29, 1.82) is 0 Å². The van der Waals surface area contributed by atoms with E-state index >= 15 is 0 Å². The summed E-state index contributed by atoms with van der Waals surface area (Å²) in [7, 11) is 3.14. The van der Waals surface area contributed by atoms with Gasteiger partial charge in [-0.1, -0.05) is 36.0 Å². The first-order chi connectivity index (χ1) is 13.5. The molecule has 2 aromatic carbocycles. The maximum absolute atomic E-state index is 12.6. The molecule has 2 heterocycles. The zero-order valence-electron chi connectivity index (χ0n) is 15.3. The average Bonchev–Trinajstić information content (AvgIpc) is 3.16. The van der Waals surface area contributed by atoms with Crippen molar-refractivity contribution in [2.24, 2.45) is 7.05 Å². The summed E-state index contributed by atoms with van der Waals surface area (Å²) in [6, 6.07) is 14.3. The summed E-state index contributed by atoms with van der Waals surface area (Å²) in [5.74, 6) is -1.33. The Morgan fingerprint density at radius 3 is 2.29 bits per heavy atom. The first-order valence-electron chi connectivity index (χ1n) is 8.62. The van der Waals surface area contributed by atoms with Crippen LogP contribution in [0.1, 0.15) is 20.7 Å². The third-order valence-corrected chi connectivity index (χ3v) is 5.89. The van der Waals surface area contributed by atoms with Gasteiger partial charge in [-0.05, 0) is 24.3 Å². The molecule has 0 fully saturated rings. The summed E-state index contributed by atoms with van der Waals surface area (Å²) in [6.07, 6.45) is 0. The summed E-state index contributed by atoms with van der Waals surface area (Å²) in [6.45, 7) is -0.0904. The molecule has 0 saturated carbocycles. The van der Waals surface area contributed by atoms with Gasteiger partial charge in [0.2, 0.25) is 0 Å². The van der Waals surface area contributed by atoms with E-state index in [1.807, 2.05) is 35.9 Å². The quantitative estimate of drug-likeness (QED) is 0.375. The number of benzene rings is 2. The molecule has 3 aromatic rings. The number of amides is 2. The van der Waals surface area contributed by atoms with E-state index in [1.54, 1.807) is 24.3 Å².